The number of nitrogens with zero attached hydrogens (tertiary/aromatic N) is 1. The highest BCUT2D eigenvalue weighted by Crippen LogP contribution is 2.04. The molecule has 1 rings (SSSR count). The van der Waals surface area contributed by atoms with Gasteiger partial charge in [0.15, 0.2) is 0 Å². The third kappa shape index (κ3) is 4.89. The molecule has 2 amide bonds. The molecule has 0 aliphatic carbocycles. The van der Waals surface area contributed by atoms with Crippen LogP contribution in [0.4, 0.5) is 4.79 Å². The Morgan fingerprint density at radius 2 is 2.00 bits per heavy atom. The lowest BCUT2D eigenvalue weighted by Gasteiger charge is -2.19. The van der Waals surface area contributed by atoms with E-state index in [9.17, 15) is 4.79 Å². The number of aryl methyl sites for hydroxylation is 1. The summed E-state index contributed by atoms with van der Waals surface area (Å²) in [5.41, 5.74) is 1.32. The van der Waals surface area contributed by atoms with E-state index in [0.717, 1.165) is 19.4 Å². The second-order valence-corrected chi connectivity index (χ2v) is 4.39. The minimum Gasteiger partial charge on any atom is -0.336 e. The molecule has 1 atom stereocenters. The van der Waals surface area contributed by atoms with E-state index >= 15 is 0 Å². The van der Waals surface area contributed by atoms with E-state index in [-0.39, 0.29) is 12.1 Å². The fraction of sp³-hybridized carbons (Fsp3) is 0.500. The van der Waals surface area contributed by atoms with Crippen molar-refractivity contribution in [3.63, 3.8) is 0 Å². The Bertz CT molecular complexity index is 337. The largest absolute Gasteiger partial charge is 0.336 e. The molecule has 1 aromatic rings. The van der Waals surface area contributed by atoms with Gasteiger partial charge in [-0.25, -0.2) is 4.79 Å². The summed E-state index contributed by atoms with van der Waals surface area (Å²) in [5, 5.41) is 2.99. The Labute approximate surface area is 104 Å². The average Bonchev–Trinajstić information content (AvgIpc) is 2.36. The Balaban J connectivity index is 2.30. The molecule has 0 radical (unpaired) electrons. The van der Waals surface area contributed by atoms with Gasteiger partial charge in [0.25, 0.3) is 0 Å². The van der Waals surface area contributed by atoms with Gasteiger partial charge >= 0.3 is 6.03 Å². The Morgan fingerprint density at radius 3 is 2.59 bits per heavy atom. The number of hydrogen-bond acceptors (Lipinski definition) is 1. The highest BCUT2D eigenvalue weighted by atomic mass is 16.2. The fourth-order valence-electron chi connectivity index (χ4n) is 1.56. The Hall–Kier alpha value is -1.51. The molecule has 3 heteroatoms. The van der Waals surface area contributed by atoms with E-state index in [0.29, 0.717) is 0 Å². The van der Waals surface area contributed by atoms with Crippen molar-refractivity contribution in [2.24, 2.45) is 0 Å². The van der Waals surface area contributed by atoms with Crippen LogP contribution < -0.4 is 5.32 Å². The average molecular weight is 234 g/mol. The van der Waals surface area contributed by atoms with Gasteiger partial charge < -0.3 is 10.2 Å². The van der Waals surface area contributed by atoms with Gasteiger partial charge in [0.1, 0.15) is 0 Å². The molecule has 0 heterocycles. The van der Waals surface area contributed by atoms with E-state index in [1.807, 2.05) is 32.0 Å². The predicted octanol–water partition coefficient (Wildman–Crippen LogP) is 2.67. The SMILES string of the molecule is CCN(C)C(=O)NC(C)CCc1ccccc1. The predicted molar refractivity (Wildman–Crippen MR) is 71.1 cm³/mol. The number of carbonyl (C=O) groups is 1. The van der Waals surface area contributed by atoms with Crippen molar-refractivity contribution in [1.29, 1.82) is 0 Å². The monoisotopic (exact) mass is 234 g/mol. The zero-order chi connectivity index (χ0) is 12.7. The van der Waals surface area contributed by atoms with Crippen LogP contribution in [0.25, 0.3) is 0 Å². The summed E-state index contributed by atoms with van der Waals surface area (Å²) in [4.78, 5) is 13.3. The fourth-order valence-corrected chi connectivity index (χ4v) is 1.56. The van der Waals surface area contributed by atoms with Crippen molar-refractivity contribution < 1.29 is 4.79 Å². The Morgan fingerprint density at radius 1 is 1.35 bits per heavy atom. The number of benzene rings is 1. The minimum atomic E-state index is 0.00746. The molecule has 0 spiro atoms. The molecule has 1 unspecified atom stereocenters. The first-order chi connectivity index (χ1) is 8.13. The maximum absolute atomic E-state index is 11.6. The van der Waals surface area contributed by atoms with Crippen molar-refractivity contribution in [3.05, 3.63) is 35.9 Å². The number of amides is 2. The van der Waals surface area contributed by atoms with Gasteiger partial charge in [-0.15, -0.1) is 0 Å². The lowest BCUT2D eigenvalue weighted by Crippen LogP contribution is -2.41. The van der Waals surface area contributed by atoms with E-state index in [1.165, 1.54) is 5.56 Å². The summed E-state index contributed by atoms with van der Waals surface area (Å²) >= 11 is 0. The van der Waals surface area contributed by atoms with Gasteiger partial charge in [-0.2, -0.15) is 0 Å². The lowest BCUT2D eigenvalue weighted by atomic mass is 10.1. The topological polar surface area (TPSA) is 32.3 Å². The van der Waals surface area contributed by atoms with Crippen molar-refractivity contribution >= 4 is 6.03 Å². The number of hydrogen-bond donors (Lipinski definition) is 1. The number of nitrogens with one attached hydrogen (secondary N) is 1. The van der Waals surface area contributed by atoms with E-state index in [4.69, 9.17) is 0 Å². The quantitative estimate of drug-likeness (QED) is 0.834. The maximum Gasteiger partial charge on any atom is 0.317 e. The molecule has 0 aliphatic heterocycles. The van der Waals surface area contributed by atoms with Gasteiger partial charge in [-0.3, -0.25) is 0 Å². The van der Waals surface area contributed by atoms with Crippen LogP contribution in [-0.2, 0) is 6.42 Å². The van der Waals surface area contributed by atoms with Crippen molar-refractivity contribution in [2.45, 2.75) is 32.7 Å². The second kappa shape index (κ2) is 6.94. The molecule has 94 valence electrons. The maximum atomic E-state index is 11.6. The van der Waals surface area contributed by atoms with Gasteiger partial charge in [0.2, 0.25) is 0 Å². The third-order valence-corrected chi connectivity index (χ3v) is 2.90. The van der Waals surface area contributed by atoms with Crippen molar-refractivity contribution in [2.75, 3.05) is 13.6 Å². The van der Waals surface area contributed by atoms with Crippen molar-refractivity contribution in [1.82, 2.24) is 10.2 Å². The van der Waals surface area contributed by atoms with Crippen LogP contribution in [-0.4, -0.2) is 30.6 Å². The van der Waals surface area contributed by atoms with Gasteiger partial charge in [-0.05, 0) is 32.3 Å². The molecular weight excluding hydrogens is 212 g/mol. The smallest absolute Gasteiger partial charge is 0.317 e. The zero-order valence-corrected chi connectivity index (χ0v) is 10.9. The summed E-state index contributed by atoms with van der Waals surface area (Å²) < 4.78 is 0. The van der Waals surface area contributed by atoms with Crippen LogP contribution in [0.3, 0.4) is 0 Å². The summed E-state index contributed by atoms with van der Waals surface area (Å²) in [5.74, 6) is 0. The first-order valence-corrected chi connectivity index (χ1v) is 6.19. The van der Waals surface area contributed by atoms with E-state index in [1.54, 1.807) is 11.9 Å². The molecule has 17 heavy (non-hydrogen) atoms. The standard InChI is InChI=1S/C14H22N2O/c1-4-16(3)14(17)15-12(2)10-11-13-8-6-5-7-9-13/h5-9,12H,4,10-11H2,1-3H3,(H,15,17). The summed E-state index contributed by atoms with van der Waals surface area (Å²) in [7, 11) is 1.80. The first kappa shape index (κ1) is 13.6. The molecule has 0 bridgehead atoms. The second-order valence-electron chi connectivity index (χ2n) is 4.39. The first-order valence-electron chi connectivity index (χ1n) is 6.19. The highest BCUT2D eigenvalue weighted by molar-refractivity contribution is 5.74. The van der Waals surface area contributed by atoms with Crippen LogP contribution in [0.15, 0.2) is 30.3 Å². The summed E-state index contributed by atoms with van der Waals surface area (Å²) in [6.45, 7) is 4.75. The summed E-state index contributed by atoms with van der Waals surface area (Å²) in [6, 6.07) is 10.6. The van der Waals surface area contributed by atoms with Crippen LogP contribution in [0.2, 0.25) is 0 Å². The Kier molecular flexibility index (Phi) is 5.53. The number of carbonyl (C=O) groups excluding carboxylic acids is 1. The van der Waals surface area contributed by atoms with Crippen molar-refractivity contribution in [3.8, 4) is 0 Å². The van der Waals surface area contributed by atoms with E-state index in [2.05, 4.69) is 17.4 Å². The minimum absolute atomic E-state index is 0.00746. The third-order valence-electron chi connectivity index (χ3n) is 2.90. The summed E-state index contributed by atoms with van der Waals surface area (Å²) in [6.07, 6.45) is 1.96. The molecule has 0 fully saturated rings. The molecule has 0 aromatic heterocycles. The van der Waals surface area contributed by atoms with Gasteiger partial charge in [0, 0.05) is 19.6 Å². The molecule has 1 aromatic carbocycles. The van der Waals surface area contributed by atoms with Gasteiger partial charge in [-0.1, -0.05) is 30.3 Å². The van der Waals surface area contributed by atoms with E-state index < -0.39 is 0 Å². The molecule has 0 saturated heterocycles. The molecule has 0 saturated carbocycles. The molecule has 0 aliphatic rings. The highest BCUT2D eigenvalue weighted by Gasteiger charge is 2.09. The molecule has 3 nitrogen and oxygen atoms in total. The number of rotatable bonds is 5. The van der Waals surface area contributed by atoms with Gasteiger partial charge in [0.05, 0.1) is 0 Å². The molecular formula is C14H22N2O. The zero-order valence-electron chi connectivity index (χ0n) is 10.9. The van der Waals surface area contributed by atoms with Crippen LogP contribution in [0, 0.1) is 0 Å². The van der Waals surface area contributed by atoms with Crippen LogP contribution >= 0.6 is 0 Å². The molecule has 1 N–H and O–H groups in total. The lowest BCUT2D eigenvalue weighted by molar-refractivity contribution is 0.207. The number of urea groups is 1. The van der Waals surface area contributed by atoms with Crippen LogP contribution in [0.1, 0.15) is 25.8 Å². The normalized spacial score (nSPS) is 11.9. The van der Waals surface area contributed by atoms with Crippen LogP contribution in [0.5, 0.6) is 0 Å².